The van der Waals surface area contributed by atoms with Gasteiger partial charge in [-0.1, -0.05) is 13.8 Å². The highest BCUT2D eigenvalue weighted by atomic mass is 16.5. The highest BCUT2D eigenvalue weighted by Crippen LogP contribution is 2.49. The van der Waals surface area contributed by atoms with E-state index in [1.165, 1.54) is 7.11 Å². The molecular formula is C20H31N3O5. The molecule has 8 nitrogen and oxygen atoms in total. The summed E-state index contributed by atoms with van der Waals surface area (Å²) in [5.74, 6) is 1.27. The van der Waals surface area contributed by atoms with Gasteiger partial charge in [-0.25, -0.2) is 4.79 Å². The molecule has 0 fully saturated rings. The Labute approximate surface area is 166 Å². The Morgan fingerprint density at radius 3 is 2.32 bits per heavy atom. The minimum absolute atomic E-state index is 0.383. The summed E-state index contributed by atoms with van der Waals surface area (Å²) >= 11 is 0. The zero-order valence-electron chi connectivity index (χ0n) is 17.4. The third-order valence-corrected chi connectivity index (χ3v) is 4.38. The Balaban J connectivity index is 2.40. The number of carbonyl (C=O) groups is 1. The number of rotatable bonds is 11. The molecule has 0 spiro atoms. The van der Waals surface area contributed by atoms with Gasteiger partial charge in [-0.3, -0.25) is 4.90 Å². The van der Waals surface area contributed by atoms with Gasteiger partial charge >= 0.3 is 6.03 Å². The number of hydrogen-bond acceptors (Lipinski definition) is 6. The fourth-order valence-corrected chi connectivity index (χ4v) is 3.19. The molecule has 28 heavy (non-hydrogen) atoms. The zero-order valence-corrected chi connectivity index (χ0v) is 17.4. The van der Waals surface area contributed by atoms with Crippen molar-refractivity contribution in [3.05, 3.63) is 12.3 Å². The van der Waals surface area contributed by atoms with Crippen LogP contribution < -0.4 is 24.8 Å². The van der Waals surface area contributed by atoms with Crippen LogP contribution in [-0.4, -0.2) is 58.4 Å². The first-order valence-corrected chi connectivity index (χ1v) is 9.60. The Morgan fingerprint density at radius 2 is 1.75 bits per heavy atom. The molecule has 2 amide bonds. The molecule has 0 radical (unpaired) electrons. The maximum absolute atomic E-state index is 12.0. The van der Waals surface area contributed by atoms with Crippen LogP contribution in [0.3, 0.4) is 0 Å². The third kappa shape index (κ3) is 4.81. The van der Waals surface area contributed by atoms with E-state index in [2.05, 4.69) is 29.4 Å². The van der Waals surface area contributed by atoms with E-state index in [0.29, 0.717) is 40.5 Å². The van der Waals surface area contributed by atoms with Crippen molar-refractivity contribution in [2.24, 2.45) is 0 Å². The van der Waals surface area contributed by atoms with Gasteiger partial charge in [-0.05, 0) is 32.0 Å². The molecule has 8 heteroatoms. The van der Waals surface area contributed by atoms with Crippen LogP contribution in [0.4, 0.5) is 10.5 Å². The first kappa shape index (κ1) is 21.7. The number of urea groups is 1. The minimum atomic E-state index is -0.383. The van der Waals surface area contributed by atoms with Crippen LogP contribution in [-0.2, 0) is 0 Å². The van der Waals surface area contributed by atoms with Crippen molar-refractivity contribution in [3.63, 3.8) is 0 Å². The molecule has 156 valence electrons. The molecule has 0 saturated carbocycles. The summed E-state index contributed by atoms with van der Waals surface area (Å²) in [6.07, 6.45) is 3.71. The fraction of sp³-hybridized carbons (Fsp3) is 0.550. The van der Waals surface area contributed by atoms with Gasteiger partial charge in [0.2, 0.25) is 5.75 Å². The van der Waals surface area contributed by atoms with Gasteiger partial charge in [-0.15, -0.1) is 0 Å². The molecule has 2 rings (SSSR count). The fourth-order valence-electron chi connectivity index (χ4n) is 3.19. The molecule has 2 aromatic rings. The van der Waals surface area contributed by atoms with E-state index in [9.17, 15) is 4.79 Å². The van der Waals surface area contributed by atoms with Crippen molar-refractivity contribution in [1.29, 1.82) is 0 Å². The van der Waals surface area contributed by atoms with Crippen molar-refractivity contribution in [1.82, 2.24) is 10.2 Å². The molecule has 0 bridgehead atoms. The van der Waals surface area contributed by atoms with E-state index in [0.717, 1.165) is 32.5 Å². The number of fused-ring (bicyclic) bond motifs is 1. The van der Waals surface area contributed by atoms with Crippen LogP contribution in [0, 0.1) is 0 Å². The van der Waals surface area contributed by atoms with E-state index < -0.39 is 0 Å². The number of nitrogens with zero attached hydrogens (tertiary/aromatic N) is 1. The molecule has 0 aliphatic heterocycles. The smallest absolute Gasteiger partial charge is 0.319 e. The maximum atomic E-state index is 12.0. The maximum Gasteiger partial charge on any atom is 0.319 e. The number of benzene rings is 1. The summed E-state index contributed by atoms with van der Waals surface area (Å²) in [4.78, 5) is 14.4. The Hall–Kier alpha value is -2.61. The lowest BCUT2D eigenvalue weighted by Crippen LogP contribution is -2.30. The van der Waals surface area contributed by atoms with E-state index >= 15 is 0 Å². The van der Waals surface area contributed by atoms with Gasteiger partial charge in [-0.2, -0.15) is 0 Å². The van der Waals surface area contributed by atoms with E-state index in [1.54, 1.807) is 26.5 Å². The summed E-state index contributed by atoms with van der Waals surface area (Å²) in [6.45, 7) is 7.55. The van der Waals surface area contributed by atoms with Crippen molar-refractivity contribution in [3.8, 4) is 17.2 Å². The molecule has 1 heterocycles. The zero-order chi connectivity index (χ0) is 20.5. The Morgan fingerprint density at radius 1 is 1.07 bits per heavy atom. The molecule has 2 N–H and O–H groups in total. The van der Waals surface area contributed by atoms with Crippen LogP contribution in [0.15, 0.2) is 16.7 Å². The standard InChI is InChI=1S/C20H31N3O5/c1-6-9-23(10-7-2)11-13-28-18-15(22-20(24)21-3)16(25-4)14-8-12-27-17(14)19(18)26-5/h8,12H,6-7,9-11,13H2,1-5H3,(H2,21,22,24). The number of methoxy groups -OCH3 is 2. The predicted molar refractivity (Wildman–Crippen MR) is 110 cm³/mol. The Bertz CT molecular complexity index is 769. The molecule has 0 saturated heterocycles. The molecule has 0 aliphatic rings. The number of nitrogens with one attached hydrogen (secondary N) is 2. The molecule has 0 atom stereocenters. The highest BCUT2D eigenvalue weighted by Gasteiger charge is 2.26. The number of amides is 2. The number of furan rings is 1. The largest absolute Gasteiger partial charge is 0.494 e. The minimum Gasteiger partial charge on any atom is -0.494 e. The molecule has 0 unspecified atom stereocenters. The number of hydrogen-bond donors (Lipinski definition) is 2. The highest BCUT2D eigenvalue weighted by molar-refractivity contribution is 6.03. The van der Waals surface area contributed by atoms with E-state index in [1.807, 2.05) is 0 Å². The van der Waals surface area contributed by atoms with E-state index in [-0.39, 0.29) is 6.03 Å². The molecule has 0 aliphatic carbocycles. The summed E-state index contributed by atoms with van der Waals surface area (Å²) in [5.41, 5.74) is 0.918. The van der Waals surface area contributed by atoms with Crippen LogP contribution in [0.5, 0.6) is 17.2 Å². The molecular weight excluding hydrogens is 362 g/mol. The van der Waals surface area contributed by atoms with Gasteiger partial charge in [0, 0.05) is 13.6 Å². The third-order valence-electron chi connectivity index (χ3n) is 4.38. The quantitative estimate of drug-likeness (QED) is 0.605. The monoisotopic (exact) mass is 393 g/mol. The lowest BCUT2D eigenvalue weighted by Gasteiger charge is -2.23. The second kappa shape index (κ2) is 10.7. The van der Waals surface area contributed by atoms with Gasteiger partial charge < -0.3 is 29.3 Å². The first-order chi connectivity index (χ1) is 13.6. The number of ether oxygens (including phenoxy) is 3. The van der Waals surface area contributed by atoms with Gasteiger partial charge in [0.15, 0.2) is 17.1 Å². The first-order valence-electron chi connectivity index (χ1n) is 9.60. The van der Waals surface area contributed by atoms with Crippen molar-refractivity contribution in [2.45, 2.75) is 26.7 Å². The predicted octanol–water partition coefficient (Wildman–Crippen LogP) is 3.70. The molecule has 1 aromatic heterocycles. The number of carbonyl (C=O) groups excluding carboxylic acids is 1. The lowest BCUT2D eigenvalue weighted by molar-refractivity contribution is 0.204. The van der Waals surface area contributed by atoms with Gasteiger partial charge in [0.05, 0.1) is 25.9 Å². The van der Waals surface area contributed by atoms with Crippen molar-refractivity contribution in [2.75, 3.05) is 52.8 Å². The molecule has 1 aromatic carbocycles. The summed E-state index contributed by atoms with van der Waals surface area (Å²) in [6, 6.07) is 1.38. The SMILES string of the molecule is CCCN(CCC)CCOc1c(NC(=O)NC)c(OC)c2ccoc2c1OC. The average molecular weight is 393 g/mol. The second-order valence-electron chi connectivity index (χ2n) is 6.33. The average Bonchev–Trinajstić information content (AvgIpc) is 3.17. The lowest BCUT2D eigenvalue weighted by atomic mass is 10.1. The normalized spacial score (nSPS) is 10.9. The van der Waals surface area contributed by atoms with Crippen LogP contribution >= 0.6 is 0 Å². The van der Waals surface area contributed by atoms with Crippen molar-refractivity contribution < 1.29 is 23.4 Å². The summed E-state index contributed by atoms with van der Waals surface area (Å²) in [7, 11) is 4.63. The van der Waals surface area contributed by atoms with Gasteiger partial charge in [0.1, 0.15) is 12.3 Å². The van der Waals surface area contributed by atoms with Crippen LogP contribution in [0.1, 0.15) is 26.7 Å². The second-order valence-corrected chi connectivity index (χ2v) is 6.33. The topological polar surface area (TPSA) is 85.2 Å². The van der Waals surface area contributed by atoms with Gasteiger partial charge in [0.25, 0.3) is 0 Å². The summed E-state index contributed by atoms with van der Waals surface area (Å²) in [5, 5.41) is 6.03. The Kier molecular flexibility index (Phi) is 8.25. The van der Waals surface area contributed by atoms with Crippen LogP contribution in [0.2, 0.25) is 0 Å². The summed E-state index contributed by atoms with van der Waals surface area (Å²) < 4.78 is 22.8. The van der Waals surface area contributed by atoms with Crippen LogP contribution in [0.25, 0.3) is 11.0 Å². The number of anilines is 1. The van der Waals surface area contributed by atoms with Crippen molar-refractivity contribution >= 4 is 22.7 Å². The van der Waals surface area contributed by atoms with E-state index in [4.69, 9.17) is 18.6 Å².